The highest BCUT2D eigenvalue weighted by Crippen LogP contribution is 2.27. The molecule has 2 aliphatic heterocycles. The molecule has 9 heteroatoms. The van der Waals surface area contributed by atoms with E-state index >= 15 is 0 Å². The zero-order valence-electron chi connectivity index (χ0n) is 17.5. The van der Waals surface area contributed by atoms with Crippen LogP contribution in [0, 0.1) is 5.82 Å². The van der Waals surface area contributed by atoms with Gasteiger partial charge in [-0.1, -0.05) is 12.1 Å². The van der Waals surface area contributed by atoms with E-state index in [0.717, 1.165) is 17.5 Å². The van der Waals surface area contributed by atoms with Gasteiger partial charge in [0.15, 0.2) is 0 Å². The van der Waals surface area contributed by atoms with Crippen LogP contribution in [0.4, 0.5) is 4.39 Å². The number of halogens is 1. The van der Waals surface area contributed by atoms with E-state index in [1.807, 2.05) is 6.20 Å². The molecule has 2 aromatic rings. The molecule has 31 heavy (non-hydrogen) atoms. The van der Waals surface area contributed by atoms with Crippen molar-refractivity contribution in [1.29, 1.82) is 0 Å². The lowest BCUT2D eigenvalue weighted by molar-refractivity contribution is -0.139. The third-order valence-corrected chi connectivity index (χ3v) is 5.82. The third-order valence-electron chi connectivity index (χ3n) is 5.82. The number of hydrogen-bond donors (Lipinski definition) is 1. The second-order valence-corrected chi connectivity index (χ2v) is 8.13. The van der Waals surface area contributed by atoms with Gasteiger partial charge in [-0.25, -0.2) is 4.39 Å². The number of rotatable bonds is 6. The number of fused-ring (bicyclic) bond motifs is 1. The van der Waals surface area contributed by atoms with Crippen molar-refractivity contribution in [2.45, 2.75) is 31.7 Å². The van der Waals surface area contributed by atoms with Crippen molar-refractivity contribution in [1.82, 2.24) is 24.9 Å². The lowest BCUT2D eigenvalue weighted by atomic mass is 9.95. The molecule has 0 bridgehead atoms. The van der Waals surface area contributed by atoms with Gasteiger partial charge in [0.05, 0.1) is 18.2 Å². The summed E-state index contributed by atoms with van der Waals surface area (Å²) in [5.41, 5.74) is 2.45. The predicted molar refractivity (Wildman–Crippen MR) is 110 cm³/mol. The number of hydrogen-bond acceptors (Lipinski definition) is 4. The number of nitrogens with zero attached hydrogens (tertiary/aromatic N) is 4. The van der Waals surface area contributed by atoms with Crippen LogP contribution in [-0.2, 0) is 34.4 Å². The van der Waals surface area contributed by atoms with E-state index in [4.69, 9.17) is 0 Å². The van der Waals surface area contributed by atoms with Gasteiger partial charge in [0.1, 0.15) is 5.82 Å². The van der Waals surface area contributed by atoms with Gasteiger partial charge in [0, 0.05) is 51.4 Å². The predicted octanol–water partition coefficient (Wildman–Crippen LogP) is 0.966. The maximum absolute atomic E-state index is 13.0. The first kappa shape index (κ1) is 21.0. The molecule has 0 unspecified atom stereocenters. The summed E-state index contributed by atoms with van der Waals surface area (Å²) in [6.07, 6.45) is 3.67. The fraction of sp³-hybridized carbons (Fsp3) is 0.455. The smallest absolute Gasteiger partial charge is 0.242 e. The Morgan fingerprint density at radius 2 is 2.03 bits per heavy atom. The normalized spacial score (nSPS) is 18.3. The van der Waals surface area contributed by atoms with Gasteiger partial charge in [-0.15, -0.1) is 0 Å². The molecule has 0 aliphatic carbocycles. The van der Waals surface area contributed by atoms with E-state index in [0.29, 0.717) is 38.2 Å². The van der Waals surface area contributed by atoms with E-state index in [-0.39, 0.29) is 36.6 Å². The van der Waals surface area contributed by atoms with Gasteiger partial charge >= 0.3 is 0 Å². The standard InChI is InChI=1S/C22H26FN5O3/c1-26-11-16-12-28(20(30)14-27-10-2-3-19(27)29)13-18(21(16)25-26)22(31)24-9-8-15-4-6-17(23)7-5-15/h4-7,11,18H,2-3,8-10,12-14H2,1H3,(H,24,31)/t18-/m1/s1. The van der Waals surface area contributed by atoms with Crippen LogP contribution < -0.4 is 5.32 Å². The minimum atomic E-state index is -0.573. The zero-order valence-corrected chi connectivity index (χ0v) is 17.5. The highest BCUT2D eigenvalue weighted by molar-refractivity contribution is 5.88. The lowest BCUT2D eigenvalue weighted by Crippen LogP contribution is -2.47. The second-order valence-electron chi connectivity index (χ2n) is 8.13. The number of carbonyl (C=O) groups is 3. The van der Waals surface area contributed by atoms with Crippen molar-refractivity contribution < 1.29 is 18.8 Å². The van der Waals surface area contributed by atoms with Crippen molar-refractivity contribution in [2.75, 3.05) is 26.2 Å². The van der Waals surface area contributed by atoms with Gasteiger partial charge in [-0.05, 0) is 30.5 Å². The third kappa shape index (κ3) is 4.76. The van der Waals surface area contributed by atoms with Crippen LogP contribution in [0.1, 0.15) is 35.6 Å². The van der Waals surface area contributed by atoms with Crippen molar-refractivity contribution in [3.63, 3.8) is 0 Å². The van der Waals surface area contributed by atoms with Crippen LogP contribution in [0.25, 0.3) is 0 Å². The van der Waals surface area contributed by atoms with Crippen LogP contribution in [0.2, 0.25) is 0 Å². The number of aryl methyl sites for hydroxylation is 1. The van der Waals surface area contributed by atoms with Crippen LogP contribution in [0.3, 0.4) is 0 Å². The molecule has 0 saturated carbocycles. The first-order chi connectivity index (χ1) is 14.9. The van der Waals surface area contributed by atoms with Gasteiger partial charge < -0.3 is 15.1 Å². The maximum Gasteiger partial charge on any atom is 0.242 e. The number of benzene rings is 1. The summed E-state index contributed by atoms with van der Waals surface area (Å²) in [5, 5.41) is 7.37. The van der Waals surface area contributed by atoms with Crippen LogP contribution in [0.15, 0.2) is 30.5 Å². The first-order valence-corrected chi connectivity index (χ1v) is 10.5. The van der Waals surface area contributed by atoms with Gasteiger partial charge in [-0.2, -0.15) is 5.10 Å². The molecule has 8 nitrogen and oxygen atoms in total. The quantitative estimate of drug-likeness (QED) is 0.744. The van der Waals surface area contributed by atoms with Crippen molar-refractivity contribution >= 4 is 17.7 Å². The Morgan fingerprint density at radius 1 is 1.26 bits per heavy atom. The highest BCUT2D eigenvalue weighted by atomic mass is 19.1. The molecule has 1 aromatic heterocycles. The molecule has 1 aromatic carbocycles. The summed E-state index contributed by atoms with van der Waals surface area (Å²) in [6.45, 7) is 1.66. The summed E-state index contributed by atoms with van der Waals surface area (Å²) in [6, 6.07) is 6.18. The van der Waals surface area contributed by atoms with Crippen LogP contribution in [-0.4, -0.2) is 63.5 Å². The molecule has 3 amide bonds. The molecule has 2 aliphatic rings. The Morgan fingerprint density at radius 3 is 2.74 bits per heavy atom. The SMILES string of the molecule is Cn1cc2c(n1)[C@H](C(=O)NCCc1ccc(F)cc1)CN(C(=O)CN1CCCC1=O)C2. The number of nitrogens with one attached hydrogen (secondary N) is 1. The Kier molecular flexibility index (Phi) is 6.01. The van der Waals surface area contributed by atoms with E-state index in [2.05, 4.69) is 10.4 Å². The Balaban J connectivity index is 1.41. The van der Waals surface area contributed by atoms with Gasteiger partial charge in [0.2, 0.25) is 17.7 Å². The Bertz CT molecular complexity index is 988. The van der Waals surface area contributed by atoms with Crippen molar-refractivity contribution in [2.24, 2.45) is 7.05 Å². The summed E-state index contributed by atoms with van der Waals surface area (Å²) in [7, 11) is 1.79. The average molecular weight is 427 g/mol. The van der Waals surface area contributed by atoms with E-state index < -0.39 is 5.92 Å². The molecule has 3 heterocycles. The van der Waals surface area contributed by atoms with Gasteiger partial charge in [-0.3, -0.25) is 19.1 Å². The van der Waals surface area contributed by atoms with Crippen LogP contribution in [0.5, 0.6) is 0 Å². The van der Waals surface area contributed by atoms with Crippen molar-refractivity contribution in [3.05, 3.63) is 53.1 Å². The Hall–Kier alpha value is -3.23. The first-order valence-electron chi connectivity index (χ1n) is 10.5. The molecular formula is C22H26FN5O3. The van der Waals surface area contributed by atoms with E-state index in [9.17, 15) is 18.8 Å². The monoisotopic (exact) mass is 427 g/mol. The van der Waals surface area contributed by atoms with Crippen molar-refractivity contribution in [3.8, 4) is 0 Å². The largest absolute Gasteiger partial charge is 0.355 e. The summed E-state index contributed by atoms with van der Waals surface area (Å²) >= 11 is 0. The number of likely N-dealkylation sites (tertiary alicyclic amines) is 1. The molecular weight excluding hydrogens is 401 g/mol. The number of aromatic nitrogens is 2. The highest BCUT2D eigenvalue weighted by Gasteiger charge is 2.36. The topological polar surface area (TPSA) is 87.5 Å². The summed E-state index contributed by atoms with van der Waals surface area (Å²) in [4.78, 5) is 40.9. The van der Waals surface area contributed by atoms with E-state index in [1.165, 1.54) is 12.1 Å². The molecule has 1 atom stereocenters. The fourth-order valence-corrected chi connectivity index (χ4v) is 4.18. The molecule has 0 spiro atoms. The molecule has 1 N–H and O–H groups in total. The number of carbonyl (C=O) groups excluding carboxylic acids is 3. The molecule has 4 rings (SSSR count). The summed E-state index contributed by atoms with van der Waals surface area (Å²) in [5.74, 6) is -1.22. The lowest BCUT2D eigenvalue weighted by Gasteiger charge is -2.32. The van der Waals surface area contributed by atoms with Crippen LogP contribution >= 0.6 is 0 Å². The second kappa shape index (κ2) is 8.87. The number of amides is 3. The zero-order chi connectivity index (χ0) is 22.0. The minimum Gasteiger partial charge on any atom is -0.355 e. The minimum absolute atomic E-state index is 0.00233. The van der Waals surface area contributed by atoms with Gasteiger partial charge in [0.25, 0.3) is 0 Å². The summed E-state index contributed by atoms with van der Waals surface area (Å²) < 4.78 is 14.7. The fourth-order valence-electron chi connectivity index (χ4n) is 4.18. The molecule has 1 saturated heterocycles. The van der Waals surface area contributed by atoms with E-state index in [1.54, 1.807) is 33.7 Å². The molecule has 1 fully saturated rings. The average Bonchev–Trinajstić information content (AvgIpc) is 3.32. The maximum atomic E-state index is 13.0. The molecule has 0 radical (unpaired) electrons. The molecule has 164 valence electrons. The Labute approximate surface area is 180 Å².